The van der Waals surface area contributed by atoms with Crippen molar-refractivity contribution in [3.63, 3.8) is 0 Å². The molecule has 0 saturated carbocycles. The first-order valence-electron chi connectivity index (χ1n) is 6.80. The lowest BCUT2D eigenvalue weighted by Gasteiger charge is -2.17. The third-order valence-electron chi connectivity index (χ3n) is 3.52. The van der Waals surface area contributed by atoms with E-state index in [-0.39, 0.29) is 39.1 Å². The number of carbonyl (C=O) groups excluding carboxylic acids is 1. The molecule has 0 aromatic heterocycles. The van der Waals surface area contributed by atoms with Gasteiger partial charge in [-0.1, -0.05) is 23.2 Å². The van der Waals surface area contributed by atoms with Crippen molar-refractivity contribution in [2.75, 3.05) is 5.32 Å². The second-order valence-corrected chi connectivity index (χ2v) is 5.99. The topological polar surface area (TPSA) is 62.1 Å². The van der Waals surface area contributed by atoms with E-state index in [0.717, 1.165) is 6.07 Å². The van der Waals surface area contributed by atoms with Crippen molar-refractivity contribution in [2.45, 2.75) is 12.8 Å². The highest BCUT2D eigenvalue weighted by Crippen LogP contribution is 2.44. The van der Waals surface area contributed by atoms with Gasteiger partial charge in [-0.3, -0.25) is 4.79 Å². The molecule has 0 spiro atoms. The van der Waals surface area contributed by atoms with Crippen LogP contribution in [-0.4, -0.2) is 12.3 Å². The number of ether oxygens (including phenoxy) is 1. The van der Waals surface area contributed by atoms with E-state index >= 15 is 0 Å². The predicted molar refractivity (Wildman–Crippen MR) is 85.6 cm³/mol. The predicted octanol–water partition coefficient (Wildman–Crippen LogP) is 4.93. The summed E-state index contributed by atoms with van der Waals surface area (Å²) in [6, 6.07) is 6.92. The van der Waals surface area contributed by atoms with Crippen molar-refractivity contribution in [3.8, 4) is 22.9 Å². The summed E-state index contributed by atoms with van der Waals surface area (Å²) in [4.78, 5) is 11.5. The molecule has 2 aromatic carbocycles. The summed E-state index contributed by atoms with van der Waals surface area (Å²) >= 11 is 12.2. The molecular formula is C16H7Cl2F3N2O2. The van der Waals surface area contributed by atoms with Crippen LogP contribution in [0.3, 0.4) is 0 Å². The van der Waals surface area contributed by atoms with Crippen LogP contribution in [0.2, 0.25) is 10.0 Å². The Morgan fingerprint density at radius 3 is 2.56 bits per heavy atom. The summed E-state index contributed by atoms with van der Waals surface area (Å²) < 4.78 is 42.4. The van der Waals surface area contributed by atoms with Gasteiger partial charge >= 0.3 is 6.36 Å². The first-order valence-corrected chi connectivity index (χ1v) is 7.56. The molecule has 0 fully saturated rings. The number of nitrogens with zero attached hydrogens (tertiary/aromatic N) is 1. The SMILES string of the molecule is N#Cc1ccc(Cl)c(-c2cc(Cl)c3c(c2)CC(=O)N3)c1OC(F)(F)F. The van der Waals surface area contributed by atoms with Crippen LogP contribution in [0, 0.1) is 11.3 Å². The number of halogens is 5. The summed E-state index contributed by atoms with van der Waals surface area (Å²) in [5.41, 5.74) is 0.677. The van der Waals surface area contributed by atoms with Crippen LogP contribution in [0.4, 0.5) is 18.9 Å². The number of amides is 1. The highest BCUT2D eigenvalue weighted by atomic mass is 35.5. The molecule has 0 aliphatic carbocycles. The van der Waals surface area contributed by atoms with Crippen LogP contribution in [0.25, 0.3) is 11.1 Å². The minimum Gasteiger partial charge on any atom is -0.404 e. The molecular weight excluding hydrogens is 380 g/mol. The summed E-state index contributed by atoms with van der Waals surface area (Å²) in [5, 5.41) is 11.8. The number of nitriles is 1. The molecule has 0 unspecified atom stereocenters. The van der Waals surface area contributed by atoms with Gasteiger partial charge in [0, 0.05) is 5.56 Å². The van der Waals surface area contributed by atoms with Crippen LogP contribution in [0.15, 0.2) is 24.3 Å². The largest absolute Gasteiger partial charge is 0.573 e. The molecule has 0 radical (unpaired) electrons. The van der Waals surface area contributed by atoms with Crippen LogP contribution in [0.1, 0.15) is 11.1 Å². The Labute approximate surface area is 149 Å². The van der Waals surface area contributed by atoms with E-state index in [1.54, 1.807) is 6.07 Å². The number of hydrogen-bond acceptors (Lipinski definition) is 3. The van der Waals surface area contributed by atoms with Crippen LogP contribution < -0.4 is 10.1 Å². The quantitative estimate of drug-likeness (QED) is 0.795. The first-order chi connectivity index (χ1) is 11.7. The Hall–Kier alpha value is -2.43. The number of anilines is 1. The molecule has 2 aromatic rings. The molecule has 1 heterocycles. The summed E-state index contributed by atoms with van der Waals surface area (Å²) in [6.45, 7) is 0. The maximum Gasteiger partial charge on any atom is 0.573 e. The van der Waals surface area contributed by atoms with Gasteiger partial charge in [-0.25, -0.2) is 0 Å². The summed E-state index contributed by atoms with van der Waals surface area (Å²) in [5.74, 6) is -0.992. The highest BCUT2D eigenvalue weighted by molar-refractivity contribution is 6.36. The fraction of sp³-hybridized carbons (Fsp3) is 0.125. The third-order valence-corrected chi connectivity index (χ3v) is 4.13. The highest BCUT2D eigenvalue weighted by Gasteiger charge is 2.34. The average Bonchev–Trinajstić information content (AvgIpc) is 2.87. The lowest BCUT2D eigenvalue weighted by atomic mass is 9.98. The van der Waals surface area contributed by atoms with Crippen LogP contribution >= 0.6 is 23.2 Å². The maximum absolute atomic E-state index is 12.8. The number of rotatable bonds is 2. The molecule has 9 heteroatoms. The monoisotopic (exact) mass is 386 g/mol. The van der Waals surface area contributed by atoms with Crippen molar-refractivity contribution in [2.24, 2.45) is 0 Å². The van der Waals surface area contributed by atoms with Crippen LogP contribution in [0.5, 0.6) is 5.75 Å². The minimum atomic E-state index is -5.01. The van der Waals surface area contributed by atoms with Gasteiger partial charge in [-0.15, -0.1) is 13.2 Å². The molecule has 0 saturated heterocycles. The second-order valence-electron chi connectivity index (χ2n) is 5.18. The van der Waals surface area contributed by atoms with Gasteiger partial charge in [-0.05, 0) is 35.4 Å². The van der Waals surface area contributed by atoms with Gasteiger partial charge < -0.3 is 10.1 Å². The maximum atomic E-state index is 12.8. The average molecular weight is 387 g/mol. The number of benzene rings is 2. The molecule has 1 amide bonds. The van der Waals surface area contributed by atoms with Crippen molar-refractivity contribution in [1.82, 2.24) is 0 Å². The number of alkyl halides is 3. The minimum absolute atomic E-state index is 0.0356. The Balaban J connectivity index is 2.24. The normalized spacial score (nSPS) is 13.2. The lowest BCUT2D eigenvalue weighted by molar-refractivity contribution is -0.274. The number of hydrogen-bond donors (Lipinski definition) is 1. The smallest absolute Gasteiger partial charge is 0.404 e. The molecule has 25 heavy (non-hydrogen) atoms. The Morgan fingerprint density at radius 1 is 1.20 bits per heavy atom. The fourth-order valence-corrected chi connectivity index (χ4v) is 3.13. The Kier molecular flexibility index (Phi) is 4.27. The lowest BCUT2D eigenvalue weighted by Crippen LogP contribution is -2.18. The summed E-state index contributed by atoms with van der Waals surface area (Å²) in [7, 11) is 0. The van der Waals surface area contributed by atoms with Crippen molar-refractivity contribution < 1.29 is 22.7 Å². The molecule has 0 atom stereocenters. The molecule has 1 aliphatic heterocycles. The second kappa shape index (κ2) is 6.14. The van der Waals surface area contributed by atoms with E-state index < -0.39 is 12.1 Å². The van der Waals surface area contributed by atoms with Gasteiger partial charge in [0.2, 0.25) is 5.91 Å². The molecule has 128 valence electrons. The van der Waals surface area contributed by atoms with E-state index in [1.807, 2.05) is 0 Å². The van der Waals surface area contributed by atoms with Gasteiger partial charge in [-0.2, -0.15) is 5.26 Å². The standard InChI is InChI=1S/C16H7Cl2F3N2O2/c17-10-2-1-7(6-22)15(25-16(19,20)21)13(10)8-3-9-5-12(24)23-14(9)11(18)4-8/h1-4H,5H2,(H,23,24). The molecule has 1 N–H and O–H groups in total. The zero-order chi connectivity index (χ0) is 18.4. The van der Waals surface area contributed by atoms with Gasteiger partial charge in [0.1, 0.15) is 6.07 Å². The van der Waals surface area contributed by atoms with E-state index in [1.165, 1.54) is 18.2 Å². The van der Waals surface area contributed by atoms with Gasteiger partial charge in [0.15, 0.2) is 5.75 Å². The summed E-state index contributed by atoms with van der Waals surface area (Å²) in [6.07, 6.45) is -4.98. The van der Waals surface area contributed by atoms with Gasteiger partial charge in [0.05, 0.1) is 27.7 Å². The van der Waals surface area contributed by atoms with Crippen LogP contribution in [-0.2, 0) is 11.2 Å². The molecule has 4 nitrogen and oxygen atoms in total. The van der Waals surface area contributed by atoms with Crippen molar-refractivity contribution in [3.05, 3.63) is 45.4 Å². The Bertz CT molecular complexity index is 936. The molecule has 1 aliphatic rings. The molecule has 3 rings (SSSR count). The zero-order valence-electron chi connectivity index (χ0n) is 12.2. The van der Waals surface area contributed by atoms with Gasteiger partial charge in [0.25, 0.3) is 0 Å². The van der Waals surface area contributed by atoms with E-state index in [4.69, 9.17) is 28.5 Å². The number of fused-ring (bicyclic) bond motifs is 1. The van der Waals surface area contributed by atoms with E-state index in [0.29, 0.717) is 11.3 Å². The zero-order valence-corrected chi connectivity index (χ0v) is 13.7. The fourth-order valence-electron chi connectivity index (χ4n) is 2.58. The Morgan fingerprint density at radius 2 is 1.92 bits per heavy atom. The molecule has 0 bridgehead atoms. The first kappa shape index (κ1) is 17.4. The number of nitrogens with one attached hydrogen (secondary N) is 1. The van der Waals surface area contributed by atoms with Crippen molar-refractivity contribution in [1.29, 1.82) is 5.26 Å². The van der Waals surface area contributed by atoms with E-state index in [9.17, 15) is 18.0 Å². The number of carbonyl (C=O) groups is 1. The van der Waals surface area contributed by atoms with E-state index in [2.05, 4.69) is 10.1 Å². The van der Waals surface area contributed by atoms with Crippen molar-refractivity contribution >= 4 is 34.8 Å². The third kappa shape index (κ3) is 3.36.